The van der Waals surface area contributed by atoms with Crippen molar-refractivity contribution in [1.82, 2.24) is 4.90 Å². The number of ketones is 1. The molecule has 0 aliphatic heterocycles. The molecule has 3 nitrogen and oxygen atoms in total. The van der Waals surface area contributed by atoms with Crippen LogP contribution in [0.4, 0.5) is 0 Å². The number of nitrogens with zero attached hydrogens (tertiary/aromatic N) is 1. The average Bonchev–Trinajstić information content (AvgIpc) is 2.39. The Balaban J connectivity index is 1.86. The summed E-state index contributed by atoms with van der Waals surface area (Å²) in [5.41, 5.74) is 0. The fourth-order valence-electron chi connectivity index (χ4n) is 3.29. The summed E-state index contributed by atoms with van der Waals surface area (Å²) in [5, 5.41) is 0. The number of amides is 1. The van der Waals surface area contributed by atoms with Crippen LogP contribution in [0.2, 0.25) is 0 Å². The highest BCUT2D eigenvalue weighted by Gasteiger charge is 2.31. The molecule has 3 heteroatoms. The molecule has 0 N–H and O–H groups in total. The van der Waals surface area contributed by atoms with Gasteiger partial charge in [-0.25, -0.2) is 0 Å². The fraction of sp³-hybridized carbons (Fsp3) is 0.867. The Kier molecular flexibility index (Phi) is 4.41. The Hall–Kier alpha value is -0.860. The molecule has 0 saturated heterocycles. The second-order valence-electron chi connectivity index (χ2n) is 6.18. The molecule has 2 fully saturated rings. The van der Waals surface area contributed by atoms with Gasteiger partial charge in [0, 0.05) is 31.8 Å². The van der Waals surface area contributed by atoms with Crippen LogP contribution in [0.5, 0.6) is 0 Å². The Bertz CT molecular complexity index is 308. The lowest BCUT2D eigenvalue weighted by atomic mass is 9.82. The maximum Gasteiger partial charge on any atom is 0.225 e. The molecule has 0 aromatic carbocycles. The quantitative estimate of drug-likeness (QED) is 0.756. The molecule has 0 atom stereocenters. The molecule has 18 heavy (non-hydrogen) atoms. The van der Waals surface area contributed by atoms with E-state index < -0.39 is 0 Å². The third kappa shape index (κ3) is 3.12. The Morgan fingerprint density at radius 1 is 1.06 bits per heavy atom. The van der Waals surface area contributed by atoms with Gasteiger partial charge in [0.05, 0.1) is 0 Å². The highest BCUT2D eigenvalue weighted by atomic mass is 16.2. The first kappa shape index (κ1) is 13.6. The SMILES string of the molecule is CC1CCC(C(=O)N(C)C2CCC(=O)CC2)CC1. The number of carbonyl (C=O) groups is 2. The Labute approximate surface area is 110 Å². The van der Waals surface area contributed by atoms with Crippen LogP contribution in [0.15, 0.2) is 0 Å². The predicted octanol–water partition coefficient (Wildman–Crippen LogP) is 2.78. The minimum absolute atomic E-state index is 0.240. The van der Waals surface area contributed by atoms with Gasteiger partial charge in [0.25, 0.3) is 0 Å². The van der Waals surface area contributed by atoms with E-state index in [1.165, 1.54) is 12.8 Å². The minimum atomic E-state index is 0.240. The van der Waals surface area contributed by atoms with Crippen molar-refractivity contribution in [2.75, 3.05) is 7.05 Å². The van der Waals surface area contributed by atoms with Crippen LogP contribution in [0.25, 0.3) is 0 Å². The summed E-state index contributed by atoms with van der Waals surface area (Å²) in [6.07, 6.45) is 7.52. The van der Waals surface area contributed by atoms with Gasteiger partial charge in [-0.15, -0.1) is 0 Å². The van der Waals surface area contributed by atoms with Gasteiger partial charge in [0.15, 0.2) is 0 Å². The van der Waals surface area contributed by atoms with E-state index in [4.69, 9.17) is 0 Å². The molecule has 2 aliphatic rings. The molecule has 0 heterocycles. The normalized spacial score (nSPS) is 30.2. The zero-order chi connectivity index (χ0) is 13.1. The van der Waals surface area contributed by atoms with E-state index in [-0.39, 0.29) is 5.92 Å². The molecule has 0 radical (unpaired) electrons. The molecule has 0 aromatic heterocycles. The van der Waals surface area contributed by atoms with E-state index >= 15 is 0 Å². The third-order valence-corrected chi connectivity index (χ3v) is 4.77. The maximum atomic E-state index is 12.4. The summed E-state index contributed by atoms with van der Waals surface area (Å²) in [7, 11) is 1.93. The highest BCUT2D eigenvalue weighted by molar-refractivity contribution is 5.81. The van der Waals surface area contributed by atoms with Crippen molar-refractivity contribution in [3.63, 3.8) is 0 Å². The van der Waals surface area contributed by atoms with Crippen LogP contribution in [0, 0.1) is 11.8 Å². The van der Waals surface area contributed by atoms with Gasteiger partial charge < -0.3 is 4.90 Å². The number of hydrogen-bond donors (Lipinski definition) is 0. The first-order valence-corrected chi connectivity index (χ1v) is 7.36. The van der Waals surface area contributed by atoms with Crippen molar-refractivity contribution < 1.29 is 9.59 Å². The van der Waals surface area contributed by atoms with Crippen LogP contribution in [-0.2, 0) is 9.59 Å². The van der Waals surface area contributed by atoms with E-state index in [1.807, 2.05) is 11.9 Å². The van der Waals surface area contributed by atoms with Gasteiger partial charge in [-0.1, -0.05) is 6.92 Å². The van der Waals surface area contributed by atoms with Crippen molar-refractivity contribution >= 4 is 11.7 Å². The van der Waals surface area contributed by atoms with Gasteiger partial charge in [-0.2, -0.15) is 0 Å². The van der Waals surface area contributed by atoms with Crippen LogP contribution in [0.3, 0.4) is 0 Å². The van der Waals surface area contributed by atoms with E-state index in [0.717, 1.165) is 31.6 Å². The van der Waals surface area contributed by atoms with Gasteiger partial charge in [0.1, 0.15) is 5.78 Å². The zero-order valence-corrected chi connectivity index (χ0v) is 11.7. The number of carbonyl (C=O) groups excluding carboxylic acids is 2. The van der Waals surface area contributed by atoms with Crippen molar-refractivity contribution in [1.29, 1.82) is 0 Å². The standard InChI is InChI=1S/C15H25NO2/c1-11-3-5-12(6-4-11)15(18)16(2)13-7-9-14(17)10-8-13/h11-13H,3-10H2,1-2H3. The first-order valence-electron chi connectivity index (χ1n) is 7.36. The van der Waals surface area contributed by atoms with Crippen LogP contribution in [-0.4, -0.2) is 29.7 Å². The fourth-order valence-corrected chi connectivity index (χ4v) is 3.29. The maximum absolute atomic E-state index is 12.4. The summed E-state index contributed by atoms with van der Waals surface area (Å²) < 4.78 is 0. The average molecular weight is 251 g/mol. The molecule has 0 bridgehead atoms. The minimum Gasteiger partial charge on any atom is -0.343 e. The lowest BCUT2D eigenvalue weighted by Crippen LogP contribution is -2.43. The molecular formula is C15H25NO2. The third-order valence-electron chi connectivity index (χ3n) is 4.77. The topological polar surface area (TPSA) is 37.4 Å². The summed E-state index contributed by atoms with van der Waals surface area (Å²) in [4.78, 5) is 25.6. The smallest absolute Gasteiger partial charge is 0.225 e. The predicted molar refractivity (Wildman–Crippen MR) is 71.2 cm³/mol. The van der Waals surface area contributed by atoms with Crippen LogP contribution >= 0.6 is 0 Å². The summed E-state index contributed by atoms with van der Waals surface area (Å²) in [6, 6.07) is 0.301. The van der Waals surface area contributed by atoms with E-state index in [0.29, 0.717) is 30.6 Å². The lowest BCUT2D eigenvalue weighted by Gasteiger charge is -2.35. The monoisotopic (exact) mass is 251 g/mol. The van der Waals surface area contributed by atoms with Crippen LogP contribution < -0.4 is 0 Å². The molecule has 2 rings (SSSR count). The Morgan fingerprint density at radius 2 is 1.61 bits per heavy atom. The Morgan fingerprint density at radius 3 is 2.17 bits per heavy atom. The van der Waals surface area contributed by atoms with Crippen molar-refractivity contribution in [2.45, 2.75) is 64.3 Å². The molecule has 102 valence electrons. The second kappa shape index (κ2) is 5.85. The van der Waals surface area contributed by atoms with E-state index in [2.05, 4.69) is 6.92 Å². The van der Waals surface area contributed by atoms with Crippen LogP contribution in [0.1, 0.15) is 58.3 Å². The van der Waals surface area contributed by atoms with E-state index in [9.17, 15) is 9.59 Å². The van der Waals surface area contributed by atoms with Gasteiger partial charge in [-0.3, -0.25) is 9.59 Å². The lowest BCUT2D eigenvalue weighted by molar-refractivity contribution is -0.139. The number of Topliss-reactive ketones (excluding diaryl/α,β-unsaturated/α-hetero) is 1. The summed E-state index contributed by atoms with van der Waals surface area (Å²) in [6.45, 7) is 2.27. The molecule has 0 aromatic rings. The molecule has 0 unspecified atom stereocenters. The highest BCUT2D eigenvalue weighted by Crippen LogP contribution is 2.31. The molecule has 2 saturated carbocycles. The van der Waals surface area contributed by atoms with Gasteiger partial charge >= 0.3 is 0 Å². The molecular weight excluding hydrogens is 226 g/mol. The van der Waals surface area contributed by atoms with Crippen molar-refractivity contribution in [3.05, 3.63) is 0 Å². The second-order valence-corrected chi connectivity index (χ2v) is 6.18. The van der Waals surface area contributed by atoms with Gasteiger partial charge in [0.2, 0.25) is 5.91 Å². The van der Waals surface area contributed by atoms with Gasteiger partial charge in [-0.05, 0) is 44.4 Å². The number of rotatable bonds is 2. The molecule has 0 spiro atoms. The van der Waals surface area contributed by atoms with Crippen molar-refractivity contribution in [3.8, 4) is 0 Å². The summed E-state index contributed by atoms with van der Waals surface area (Å²) >= 11 is 0. The van der Waals surface area contributed by atoms with E-state index in [1.54, 1.807) is 0 Å². The summed E-state index contributed by atoms with van der Waals surface area (Å²) in [5.74, 6) is 1.70. The van der Waals surface area contributed by atoms with Crippen molar-refractivity contribution in [2.24, 2.45) is 11.8 Å². The largest absolute Gasteiger partial charge is 0.343 e. The molecule has 2 aliphatic carbocycles. The molecule has 1 amide bonds. The first-order chi connectivity index (χ1) is 8.58. The zero-order valence-electron chi connectivity index (χ0n) is 11.7. The number of hydrogen-bond acceptors (Lipinski definition) is 2.